The molecule has 0 radical (unpaired) electrons. The molecule has 0 aliphatic rings. The third kappa shape index (κ3) is 3.72. The molecule has 0 bridgehead atoms. The second-order valence-electron chi connectivity index (χ2n) is 4.34. The van der Waals surface area contributed by atoms with Crippen LogP contribution < -0.4 is 5.43 Å². The Labute approximate surface area is 128 Å². The summed E-state index contributed by atoms with van der Waals surface area (Å²) < 4.78 is 1.14. The van der Waals surface area contributed by atoms with Crippen molar-refractivity contribution in [2.75, 3.05) is 0 Å². The molecular weight excluding hydrogens is 308 g/mol. The van der Waals surface area contributed by atoms with Crippen LogP contribution in [-0.4, -0.2) is 31.7 Å². The molecule has 0 atom stereocenters. The molecule has 23 heavy (non-hydrogen) atoms. The summed E-state index contributed by atoms with van der Waals surface area (Å²) in [5, 5.41) is 28.8. The van der Waals surface area contributed by atoms with Gasteiger partial charge in [-0.3, -0.25) is 29.7 Å². The number of nitrogens with one attached hydrogen (secondary N) is 1. The van der Waals surface area contributed by atoms with E-state index in [1.165, 1.54) is 31.5 Å². The zero-order valence-corrected chi connectivity index (χ0v) is 11.7. The van der Waals surface area contributed by atoms with Crippen molar-refractivity contribution in [2.45, 2.75) is 0 Å². The smallest absolute Gasteiger partial charge is 0.268 e. The van der Waals surface area contributed by atoms with E-state index in [1.54, 1.807) is 6.07 Å². The standard InChI is InChI=1S/C12H10N6O5/c1-16-7-10(18(22)23)11(15-16)12(19)14-13-6-8-3-2-4-9(5-8)17(20)21/h2-7H,1H3,(H,14,19)/b13-6+. The van der Waals surface area contributed by atoms with Gasteiger partial charge in [-0.15, -0.1) is 0 Å². The fraction of sp³-hybridized carbons (Fsp3) is 0.0833. The van der Waals surface area contributed by atoms with Crippen LogP contribution in [0.3, 0.4) is 0 Å². The van der Waals surface area contributed by atoms with E-state index < -0.39 is 21.4 Å². The molecule has 0 unspecified atom stereocenters. The van der Waals surface area contributed by atoms with Crippen molar-refractivity contribution in [3.63, 3.8) is 0 Å². The van der Waals surface area contributed by atoms with Crippen LogP contribution in [0.5, 0.6) is 0 Å². The van der Waals surface area contributed by atoms with Crippen LogP contribution in [0.15, 0.2) is 35.6 Å². The highest BCUT2D eigenvalue weighted by atomic mass is 16.6. The van der Waals surface area contributed by atoms with Crippen molar-refractivity contribution in [1.82, 2.24) is 15.2 Å². The molecule has 1 heterocycles. The van der Waals surface area contributed by atoms with Crippen molar-refractivity contribution < 1.29 is 14.6 Å². The summed E-state index contributed by atoms with van der Waals surface area (Å²) in [6.45, 7) is 0. The number of nitro groups is 2. The molecule has 0 fully saturated rings. The Kier molecular flexibility index (Phi) is 4.40. The summed E-state index contributed by atoms with van der Waals surface area (Å²) >= 11 is 0. The van der Waals surface area contributed by atoms with Gasteiger partial charge in [0.1, 0.15) is 6.20 Å². The van der Waals surface area contributed by atoms with Crippen LogP contribution in [-0.2, 0) is 7.05 Å². The van der Waals surface area contributed by atoms with Crippen LogP contribution >= 0.6 is 0 Å². The molecule has 2 aromatic rings. The van der Waals surface area contributed by atoms with Gasteiger partial charge in [-0.2, -0.15) is 10.2 Å². The van der Waals surface area contributed by atoms with Gasteiger partial charge in [0, 0.05) is 24.7 Å². The Morgan fingerprint density at radius 2 is 2.09 bits per heavy atom. The molecule has 1 N–H and O–H groups in total. The van der Waals surface area contributed by atoms with Gasteiger partial charge < -0.3 is 0 Å². The van der Waals surface area contributed by atoms with Crippen molar-refractivity contribution in [3.05, 3.63) is 61.9 Å². The van der Waals surface area contributed by atoms with Gasteiger partial charge in [-0.05, 0) is 0 Å². The Balaban J connectivity index is 2.11. The first-order chi connectivity index (χ1) is 10.9. The lowest BCUT2D eigenvalue weighted by atomic mass is 10.2. The van der Waals surface area contributed by atoms with Crippen molar-refractivity contribution >= 4 is 23.5 Å². The number of aromatic nitrogens is 2. The van der Waals surface area contributed by atoms with E-state index >= 15 is 0 Å². The summed E-state index contributed by atoms with van der Waals surface area (Å²) in [4.78, 5) is 32.0. The van der Waals surface area contributed by atoms with Gasteiger partial charge in [0.15, 0.2) is 0 Å². The normalized spacial score (nSPS) is 10.7. The Hall–Kier alpha value is -3.63. The predicted molar refractivity (Wildman–Crippen MR) is 78.0 cm³/mol. The van der Waals surface area contributed by atoms with E-state index in [0.29, 0.717) is 5.56 Å². The number of amides is 1. The molecule has 0 spiro atoms. The fourth-order valence-corrected chi connectivity index (χ4v) is 1.71. The molecule has 118 valence electrons. The first-order valence-corrected chi connectivity index (χ1v) is 6.14. The average molecular weight is 318 g/mol. The molecule has 2 rings (SSSR count). The van der Waals surface area contributed by atoms with E-state index in [4.69, 9.17) is 0 Å². The van der Waals surface area contributed by atoms with Crippen molar-refractivity contribution in [2.24, 2.45) is 12.1 Å². The van der Waals surface area contributed by atoms with E-state index in [2.05, 4.69) is 15.6 Å². The molecule has 1 aromatic heterocycles. The van der Waals surface area contributed by atoms with Crippen LogP contribution in [0.4, 0.5) is 11.4 Å². The zero-order chi connectivity index (χ0) is 17.0. The monoisotopic (exact) mass is 318 g/mol. The molecule has 1 amide bonds. The minimum atomic E-state index is -0.862. The van der Waals surface area contributed by atoms with Gasteiger partial charge in [0.05, 0.1) is 16.1 Å². The Morgan fingerprint density at radius 1 is 1.35 bits per heavy atom. The average Bonchev–Trinajstić information content (AvgIpc) is 2.90. The molecular formula is C12H10N6O5. The Bertz CT molecular complexity index is 812. The summed E-state index contributed by atoms with van der Waals surface area (Å²) in [7, 11) is 1.44. The molecule has 0 aliphatic heterocycles. The number of aryl methyl sites for hydroxylation is 1. The third-order valence-electron chi connectivity index (χ3n) is 2.68. The number of carbonyl (C=O) groups excluding carboxylic acids is 1. The maximum absolute atomic E-state index is 11.8. The maximum Gasteiger partial charge on any atom is 0.320 e. The fourth-order valence-electron chi connectivity index (χ4n) is 1.71. The van der Waals surface area contributed by atoms with Gasteiger partial charge in [0.2, 0.25) is 5.69 Å². The largest absolute Gasteiger partial charge is 0.320 e. The first-order valence-electron chi connectivity index (χ1n) is 6.14. The molecule has 11 heteroatoms. The number of carbonyl (C=O) groups is 1. The van der Waals surface area contributed by atoms with Crippen LogP contribution in [0.1, 0.15) is 16.1 Å². The highest BCUT2D eigenvalue weighted by molar-refractivity contribution is 5.96. The third-order valence-corrected chi connectivity index (χ3v) is 2.68. The summed E-state index contributed by atoms with van der Waals surface area (Å²) in [6.07, 6.45) is 2.28. The molecule has 0 saturated carbocycles. The van der Waals surface area contributed by atoms with Gasteiger partial charge in [-0.25, -0.2) is 5.43 Å². The lowest BCUT2D eigenvalue weighted by Crippen LogP contribution is -2.19. The summed E-state index contributed by atoms with van der Waals surface area (Å²) in [6, 6.07) is 5.59. The van der Waals surface area contributed by atoms with E-state index in [-0.39, 0.29) is 11.4 Å². The number of nitro benzene ring substituents is 1. The van der Waals surface area contributed by atoms with Crippen molar-refractivity contribution in [3.8, 4) is 0 Å². The number of hydrogen-bond donors (Lipinski definition) is 1. The van der Waals surface area contributed by atoms with Crippen LogP contribution in [0.25, 0.3) is 0 Å². The highest BCUT2D eigenvalue weighted by Gasteiger charge is 2.24. The number of benzene rings is 1. The topological polar surface area (TPSA) is 146 Å². The SMILES string of the molecule is Cn1cc([N+](=O)[O-])c(C(=O)N/N=C/c2cccc([N+](=O)[O-])c2)n1. The second kappa shape index (κ2) is 6.43. The lowest BCUT2D eigenvalue weighted by Gasteiger charge is -1.96. The van der Waals surface area contributed by atoms with E-state index in [0.717, 1.165) is 10.9 Å². The van der Waals surface area contributed by atoms with E-state index in [1.807, 2.05) is 0 Å². The minimum Gasteiger partial charge on any atom is -0.268 e. The number of hydrazone groups is 1. The minimum absolute atomic E-state index is 0.124. The quantitative estimate of drug-likeness (QED) is 0.494. The van der Waals surface area contributed by atoms with Crippen molar-refractivity contribution in [1.29, 1.82) is 0 Å². The van der Waals surface area contributed by atoms with E-state index in [9.17, 15) is 25.0 Å². The number of non-ortho nitro benzene ring substituents is 1. The molecule has 0 saturated heterocycles. The van der Waals surface area contributed by atoms with Crippen LogP contribution in [0, 0.1) is 20.2 Å². The first kappa shape index (κ1) is 15.8. The van der Waals surface area contributed by atoms with Gasteiger partial charge in [0.25, 0.3) is 11.6 Å². The lowest BCUT2D eigenvalue weighted by molar-refractivity contribution is -0.385. The highest BCUT2D eigenvalue weighted by Crippen LogP contribution is 2.15. The van der Waals surface area contributed by atoms with Gasteiger partial charge in [-0.1, -0.05) is 12.1 Å². The summed E-state index contributed by atoms with van der Waals surface area (Å²) in [5.74, 6) is -0.862. The number of nitrogens with zero attached hydrogens (tertiary/aromatic N) is 5. The zero-order valence-electron chi connectivity index (χ0n) is 11.7. The maximum atomic E-state index is 11.8. The second-order valence-corrected chi connectivity index (χ2v) is 4.34. The number of hydrogen-bond acceptors (Lipinski definition) is 7. The predicted octanol–water partition coefficient (Wildman–Crippen LogP) is 1.00. The van der Waals surface area contributed by atoms with Gasteiger partial charge >= 0.3 is 5.69 Å². The van der Waals surface area contributed by atoms with Crippen LogP contribution in [0.2, 0.25) is 0 Å². The summed E-state index contributed by atoms with van der Waals surface area (Å²) in [5.41, 5.74) is 1.52. The number of rotatable bonds is 5. The Morgan fingerprint density at radius 3 is 2.74 bits per heavy atom. The molecule has 11 nitrogen and oxygen atoms in total. The molecule has 1 aromatic carbocycles. The molecule has 0 aliphatic carbocycles.